The van der Waals surface area contributed by atoms with Crippen LogP contribution < -0.4 is 0 Å². The fraction of sp³-hybridized carbons (Fsp3) is 0. The smallest absolute Gasteiger partial charge is 0.237 e. The number of nitrogens with zero attached hydrogens (tertiary/aromatic N) is 13. The van der Waals surface area contributed by atoms with E-state index in [-0.39, 0.29) is 0 Å². The van der Waals surface area contributed by atoms with Crippen LogP contribution >= 0.6 is 0 Å². The molecule has 0 amide bonds. The monoisotopic (exact) mass is 1790 g/mol. The quantitative estimate of drug-likeness (QED) is 0.128. The molecular weight excluding hydrogens is 1710 g/mol. The molecule has 654 valence electrons. The molecule has 13 nitrogen and oxygen atoms in total. The van der Waals surface area contributed by atoms with Gasteiger partial charge >= 0.3 is 0 Å². The van der Waals surface area contributed by atoms with Crippen LogP contribution in [0.4, 0.5) is 0 Å². The second kappa shape index (κ2) is 32.3. The normalized spacial score (nSPS) is 11.9. The highest BCUT2D eigenvalue weighted by atomic mass is 15.2. The number of hydrogen-bond acceptors (Lipinski definition) is 5. The molecule has 0 unspecified atom stereocenters. The van der Waals surface area contributed by atoms with Gasteiger partial charge in [-0.05, 0) is 163 Å². The maximum atomic E-state index is 5.38. The minimum atomic E-state index is 0.633. The molecule has 11 heterocycles. The van der Waals surface area contributed by atoms with Crippen molar-refractivity contribution in [3.8, 4) is 80.1 Å². The van der Waals surface area contributed by atoms with Crippen LogP contribution in [0.1, 0.15) is 0 Å². The van der Waals surface area contributed by atoms with Gasteiger partial charge in [0.05, 0.1) is 94.0 Å². The van der Waals surface area contributed by atoms with Gasteiger partial charge in [0.15, 0.2) is 5.82 Å². The lowest BCUT2D eigenvalue weighted by Crippen LogP contribution is -2.07. The Morgan fingerprint density at radius 1 is 0.136 bits per heavy atom. The van der Waals surface area contributed by atoms with Crippen LogP contribution in [0.3, 0.4) is 0 Å². The Morgan fingerprint density at radius 3 is 0.579 bits per heavy atom. The summed E-state index contributed by atoms with van der Waals surface area (Å²) in [5.41, 5.74) is 26.8. The Balaban J connectivity index is 0.000000104. The van der Waals surface area contributed by atoms with Gasteiger partial charge in [0.2, 0.25) is 5.95 Å². The average Bonchev–Trinajstić information content (AvgIpc) is 1.57. The maximum absolute atomic E-state index is 5.38. The predicted molar refractivity (Wildman–Crippen MR) is 579 cm³/mol. The van der Waals surface area contributed by atoms with E-state index in [4.69, 9.17) is 24.9 Å². The number of pyridine rings is 1. The van der Waals surface area contributed by atoms with Gasteiger partial charge in [0, 0.05) is 138 Å². The van der Waals surface area contributed by atoms with Crippen LogP contribution in [0.15, 0.2) is 492 Å². The van der Waals surface area contributed by atoms with Crippen LogP contribution in [-0.4, -0.2) is 61.5 Å². The zero-order valence-corrected chi connectivity index (χ0v) is 75.6. The molecule has 30 aromatic rings. The lowest BCUT2D eigenvalue weighted by atomic mass is 10.1. The van der Waals surface area contributed by atoms with E-state index in [9.17, 15) is 0 Å². The maximum Gasteiger partial charge on any atom is 0.237 e. The number of hydrogen-bond donors (Lipinski definition) is 0. The second-order valence-electron chi connectivity index (χ2n) is 35.8. The van der Waals surface area contributed by atoms with Gasteiger partial charge in [0.1, 0.15) is 23.3 Å². The molecule has 0 aliphatic carbocycles. The Hall–Kier alpha value is -19.1. The molecule has 30 rings (SSSR count). The van der Waals surface area contributed by atoms with Crippen molar-refractivity contribution >= 4 is 174 Å². The van der Waals surface area contributed by atoms with Crippen LogP contribution in [0.2, 0.25) is 0 Å². The molecule has 140 heavy (non-hydrogen) atoms. The Labute approximate surface area is 802 Å². The highest BCUT2D eigenvalue weighted by molar-refractivity contribution is 6.16. The lowest BCUT2D eigenvalue weighted by Gasteiger charge is -2.14. The van der Waals surface area contributed by atoms with Crippen molar-refractivity contribution < 1.29 is 0 Å². The van der Waals surface area contributed by atoms with E-state index >= 15 is 0 Å². The minimum absolute atomic E-state index is 0.633. The standard InChI is InChI=1S/2C46H29N5.C35H23N3/c1-7-19-39-32(13-1)33-14-2-8-20-40(33)49(39)31-27-25-30(26-28-31)38-29-45(50-41-21-9-3-15-34(41)35-16-4-10-22-42(35)50)48-46(47-38)51-43-23-11-5-17-36(43)37-18-6-12-24-44(37)51;1-7-19-38-32(13-1)33-14-2-8-20-39(33)49(38)31-27-25-30(26-28-31)46-47-44(50-40-21-9-3-15-34(40)35-16-4-10-22-41(35)50)29-45(48-46)51-42-23-11-5-17-36(42)37-18-6-12-24-43(37)51;1-5-13-31-27(9-1)28-10-2-6-14-32(28)37(31)26-20-17-24(18-21-26)25-19-22-35(36-23-25)38-33-15-7-3-11-29(33)30-12-4-8-16-34(30)38/h2*1-29H;1-23H. The Morgan fingerprint density at radius 2 is 0.336 bits per heavy atom. The van der Waals surface area contributed by atoms with Crippen LogP contribution in [-0.2, 0) is 0 Å². The largest absolute Gasteiger partial charge is 0.309 e. The number of aromatic nitrogens is 13. The van der Waals surface area contributed by atoms with E-state index in [2.05, 4.69) is 522 Å². The SMILES string of the molecule is c1ccc2c(c1)c1ccccc1n2-c1ccc(-c2cc(-n3c4ccccc4c4ccccc43)nc(-n3c4ccccc4c4ccccc43)n2)cc1.c1ccc2c(c1)c1ccccc1n2-c1ccc(-c2ccc(-n3c4ccccc4c4ccccc43)nc2)cc1.c1ccc2c(c1)c1ccccc1n2-c1ccc(-c2nc(-n3c4ccccc4c4ccccc43)cc(-n3c4ccccc4c4ccccc43)n2)cc1. The van der Waals surface area contributed by atoms with Crippen LogP contribution in [0, 0.1) is 0 Å². The van der Waals surface area contributed by atoms with Crippen molar-refractivity contribution in [3.63, 3.8) is 0 Å². The van der Waals surface area contributed by atoms with E-state index in [1.54, 1.807) is 0 Å². The van der Waals surface area contributed by atoms with E-state index in [1.165, 1.54) is 130 Å². The summed E-state index contributed by atoms with van der Waals surface area (Å²) in [6.45, 7) is 0. The summed E-state index contributed by atoms with van der Waals surface area (Å²) in [5.74, 6) is 4.68. The predicted octanol–water partition coefficient (Wildman–Crippen LogP) is 31.8. The first kappa shape index (κ1) is 79.4. The molecule has 0 spiro atoms. The molecule has 0 radical (unpaired) electrons. The van der Waals surface area contributed by atoms with E-state index in [0.717, 1.165) is 112 Å². The van der Waals surface area contributed by atoms with Crippen molar-refractivity contribution in [3.05, 3.63) is 492 Å². The molecule has 0 bridgehead atoms. The summed E-state index contributed by atoms with van der Waals surface area (Å²) in [5, 5.41) is 19.6. The number of para-hydroxylation sites is 16. The average molecular weight is 1790 g/mol. The first-order chi connectivity index (χ1) is 69.5. The van der Waals surface area contributed by atoms with Gasteiger partial charge in [0.25, 0.3) is 0 Å². The third kappa shape index (κ3) is 12.7. The van der Waals surface area contributed by atoms with Crippen LogP contribution in [0.25, 0.3) is 255 Å². The van der Waals surface area contributed by atoms with Gasteiger partial charge in [-0.15, -0.1) is 0 Å². The fourth-order valence-corrected chi connectivity index (χ4v) is 22.0. The van der Waals surface area contributed by atoms with Gasteiger partial charge < -0.3 is 13.7 Å². The molecular formula is C127H81N13. The summed E-state index contributed by atoms with van der Waals surface area (Å²) in [6, 6.07) is 172. The molecule has 0 atom stereocenters. The molecule has 0 fully saturated rings. The second-order valence-corrected chi connectivity index (χ2v) is 35.8. The summed E-state index contributed by atoms with van der Waals surface area (Å²) in [7, 11) is 0. The highest BCUT2D eigenvalue weighted by Crippen LogP contribution is 2.44. The van der Waals surface area contributed by atoms with Crippen molar-refractivity contribution in [2.75, 3.05) is 0 Å². The highest BCUT2D eigenvalue weighted by Gasteiger charge is 2.26. The summed E-state index contributed by atoms with van der Waals surface area (Å²) < 4.78 is 18.3. The summed E-state index contributed by atoms with van der Waals surface area (Å²) in [6.07, 6.45) is 1.98. The first-order valence-electron chi connectivity index (χ1n) is 47.4. The van der Waals surface area contributed by atoms with Gasteiger partial charge in [-0.25, -0.2) is 19.9 Å². The zero-order valence-electron chi connectivity index (χ0n) is 75.6. The topological polar surface area (TPSA) is 104 Å². The molecule has 13 heteroatoms. The minimum Gasteiger partial charge on any atom is -0.309 e. The number of benzene rings is 19. The van der Waals surface area contributed by atoms with Gasteiger partial charge in [-0.2, -0.15) is 4.98 Å². The Kier molecular flexibility index (Phi) is 18.4. The van der Waals surface area contributed by atoms with Crippen molar-refractivity contribution in [1.29, 1.82) is 0 Å². The summed E-state index contributed by atoms with van der Waals surface area (Å²) >= 11 is 0. The molecule has 11 aromatic heterocycles. The molecule has 0 N–H and O–H groups in total. The molecule has 0 saturated heterocycles. The molecule has 0 saturated carbocycles. The van der Waals surface area contributed by atoms with Crippen molar-refractivity contribution in [1.82, 2.24) is 61.5 Å². The molecule has 19 aromatic carbocycles. The van der Waals surface area contributed by atoms with Gasteiger partial charge in [-0.3, -0.25) is 22.8 Å². The van der Waals surface area contributed by atoms with Crippen molar-refractivity contribution in [2.45, 2.75) is 0 Å². The van der Waals surface area contributed by atoms with E-state index < -0.39 is 0 Å². The number of fused-ring (bicyclic) bond motifs is 24. The van der Waals surface area contributed by atoms with Crippen molar-refractivity contribution in [2.24, 2.45) is 0 Å². The molecule has 0 aliphatic rings. The fourth-order valence-electron chi connectivity index (χ4n) is 22.0. The molecule has 0 aliphatic heterocycles. The van der Waals surface area contributed by atoms with Crippen LogP contribution in [0.5, 0.6) is 0 Å². The first-order valence-corrected chi connectivity index (χ1v) is 47.4. The lowest BCUT2D eigenvalue weighted by molar-refractivity contribution is 0.952. The summed E-state index contributed by atoms with van der Waals surface area (Å²) in [4.78, 5) is 26.3. The van der Waals surface area contributed by atoms with E-state index in [0.29, 0.717) is 11.8 Å². The third-order valence-corrected chi connectivity index (χ3v) is 28.2. The van der Waals surface area contributed by atoms with Gasteiger partial charge in [-0.1, -0.05) is 315 Å². The number of rotatable bonds is 11. The van der Waals surface area contributed by atoms with E-state index in [1.807, 2.05) is 6.20 Å². The Bertz CT molecular complexity index is 8950. The third-order valence-electron chi connectivity index (χ3n) is 28.2. The zero-order chi connectivity index (χ0) is 92.0.